The molecule has 2 fully saturated rings. The van der Waals surface area contributed by atoms with Gasteiger partial charge in [0.2, 0.25) is 0 Å². The minimum atomic E-state index is -3.32. The van der Waals surface area contributed by atoms with Gasteiger partial charge in [0, 0.05) is 18.8 Å². The Morgan fingerprint density at radius 3 is 2.36 bits per heavy atom. The van der Waals surface area contributed by atoms with E-state index in [9.17, 15) is 13.6 Å². The molecule has 11 heavy (non-hydrogen) atoms. The summed E-state index contributed by atoms with van der Waals surface area (Å²) in [4.78, 5) is 10.5. The Hall–Kier alpha value is -0.670. The third-order valence-electron chi connectivity index (χ3n) is 2.20. The third kappa shape index (κ3) is 1.10. The Morgan fingerprint density at radius 1 is 1.55 bits per heavy atom. The number of hydrogen-bond donors (Lipinski definition) is 0. The monoisotopic (exact) mass is 162 g/mol. The number of halogens is 2. The lowest BCUT2D eigenvalue weighted by atomic mass is 10.3. The van der Waals surface area contributed by atoms with E-state index in [0.29, 0.717) is 18.8 Å². The number of esters is 1. The van der Waals surface area contributed by atoms with Crippen molar-refractivity contribution in [3.05, 3.63) is 0 Å². The van der Waals surface area contributed by atoms with Gasteiger partial charge in [-0.25, -0.2) is 4.79 Å². The van der Waals surface area contributed by atoms with Gasteiger partial charge >= 0.3 is 11.9 Å². The van der Waals surface area contributed by atoms with E-state index in [1.165, 1.54) is 0 Å². The van der Waals surface area contributed by atoms with Crippen LogP contribution in [0, 0.1) is 11.8 Å². The molecular weight excluding hydrogens is 154 g/mol. The van der Waals surface area contributed by atoms with Gasteiger partial charge in [0.1, 0.15) is 6.10 Å². The second-order valence-corrected chi connectivity index (χ2v) is 3.32. The lowest BCUT2D eigenvalue weighted by Gasteiger charge is -2.11. The van der Waals surface area contributed by atoms with Crippen molar-refractivity contribution < 1.29 is 18.3 Å². The summed E-state index contributed by atoms with van der Waals surface area (Å²) in [7, 11) is 0. The summed E-state index contributed by atoms with van der Waals surface area (Å²) in [6, 6.07) is 0. The molecule has 0 N–H and O–H groups in total. The minimum Gasteiger partial charge on any atom is -0.457 e. The van der Waals surface area contributed by atoms with Gasteiger partial charge in [-0.2, -0.15) is 8.78 Å². The van der Waals surface area contributed by atoms with Gasteiger partial charge in [-0.05, 0) is 6.42 Å². The zero-order valence-electron chi connectivity index (χ0n) is 6.01. The van der Waals surface area contributed by atoms with Crippen LogP contribution in [-0.4, -0.2) is 18.0 Å². The largest absolute Gasteiger partial charge is 0.457 e. The van der Waals surface area contributed by atoms with Crippen LogP contribution in [0.15, 0.2) is 0 Å². The Morgan fingerprint density at radius 2 is 2.09 bits per heavy atom. The van der Waals surface area contributed by atoms with Crippen molar-refractivity contribution in [2.24, 2.45) is 11.8 Å². The second-order valence-electron chi connectivity index (χ2n) is 3.32. The Bertz CT molecular complexity index is 201. The van der Waals surface area contributed by atoms with Crippen molar-refractivity contribution >= 4 is 5.97 Å². The lowest BCUT2D eigenvalue weighted by Crippen LogP contribution is -2.29. The van der Waals surface area contributed by atoms with Gasteiger partial charge in [0.05, 0.1) is 0 Å². The number of fused-ring (bicyclic) bond motifs is 1. The average Bonchev–Trinajstić information content (AvgIpc) is 2.64. The highest BCUT2D eigenvalue weighted by Gasteiger charge is 2.68. The first-order chi connectivity index (χ1) is 5.00. The van der Waals surface area contributed by atoms with Crippen LogP contribution in [0.1, 0.15) is 13.3 Å². The summed E-state index contributed by atoms with van der Waals surface area (Å²) in [5.74, 6) is -3.87. The van der Waals surface area contributed by atoms with Crippen molar-refractivity contribution in [3.63, 3.8) is 0 Å². The summed E-state index contributed by atoms with van der Waals surface area (Å²) in [5.41, 5.74) is 0. The molecule has 2 aliphatic carbocycles. The lowest BCUT2D eigenvalue weighted by molar-refractivity contribution is -0.172. The Kier molecular flexibility index (Phi) is 1.10. The number of carbonyl (C=O) groups excluding carboxylic acids is 1. The number of hydrogen-bond acceptors (Lipinski definition) is 2. The molecule has 0 amide bonds. The van der Waals surface area contributed by atoms with E-state index in [4.69, 9.17) is 0 Å². The zero-order valence-corrected chi connectivity index (χ0v) is 6.01. The van der Waals surface area contributed by atoms with Crippen molar-refractivity contribution in [1.82, 2.24) is 0 Å². The van der Waals surface area contributed by atoms with Gasteiger partial charge in [-0.15, -0.1) is 0 Å². The number of rotatable bonds is 2. The topological polar surface area (TPSA) is 26.3 Å². The maximum Gasteiger partial charge on any atom is 0.376 e. The fourth-order valence-electron chi connectivity index (χ4n) is 1.12. The fourth-order valence-corrected chi connectivity index (χ4v) is 1.12. The number of ether oxygens (including phenoxy) is 1. The van der Waals surface area contributed by atoms with Gasteiger partial charge in [0.25, 0.3) is 0 Å². The quantitative estimate of drug-likeness (QED) is 0.570. The maximum atomic E-state index is 12.2. The van der Waals surface area contributed by atoms with E-state index in [0.717, 1.165) is 6.42 Å². The summed E-state index contributed by atoms with van der Waals surface area (Å²) in [5, 5.41) is 0. The molecule has 0 aromatic rings. The van der Waals surface area contributed by atoms with Crippen LogP contribution in [0.2, 0.25) is 0 Å². The molecule has 2 atom stereocenters. The van der Waals surface area contributed by atoms with Crippen LogP contribution in [0.5, 0.6) is 0 Å². The molecule has 0 bridgehead atoms. The maximum absolute atomic E-state index is 12.2. The first-order valence-corrected chi connectivity index (χ1v) is 3.59. The molecule has 2 aliphatic rings. The van der Waals surface area contributed by atoms with E-state index >= 15 is 0 Å². The van der Waals surface area contributed by atoms with Crippen LogP contribution in [0.25, 0.3) is 0 Å². The SMILES string of the molecule is CC(F)(F)C(=O)OC1C2CC21. The van der Waals surface area contributed by atoms with E-state index in [1.54, 1.807) is 0 Å². The average molecular weight is 162 g/mol. The first kappa shape index (κ1) is 7.00. The predicted octanol–water partition coefficient (Wildman–Crippen LogP) is 1.20. The van der Waals surface area contributed by atoms with E-state index < -0.39 is 11.9 Å². The van der Waals surface area contributed by atoms with Gasteiger partial charge in [0.15, 0.2) is 0 Å². The van der Waals surface area contributed by atoms with E-state index in [2.05, 4.69) is 4.74 Å². The zero-order chi connectivity index (χ0) is 8.22. The van der Waals surface area contributed by atoms with Crippen molar-refractivity contribution in [3.8, 4) is 0 Å². The van der Waals surface area contributed by atoms with Crippen LogP contribution >= 0.6 is 0 Å². The van der Waals surface area contributed by atoms with Crippen molar-refractivity contribution in [2.75, 3.05) is 0 Å². The summed E-state index contributed by atoms with van der Waals surface area (Å²) >= 11 is 0. The molecule has 0 radical (unpaired) electrons. The smallest absolute Gasteiger partial charge is 0.376 e. The first-order valence-electron chi connectivity index (χ1n) is 3.59. The van der Waals surface area contributed by atoms with Crippen LogP contribution in [0.3, 0.4) is 0 Å². The molecule has 2 rings (SSSR count). The molecule has 0 saturated heterocycles. The highest BCUT2D eigenvalue weighted by atomic mass is 19.3. The summed E-state index contributed by atoms with van der Waals surface area (Å²) in [6.45, 7) is 0.559. The molecule has 0 spiro atoms. The molecule has 4 heteroatoms. The van der Waals surface area contributed by atoms with Crippen molar-refractivity contribution in [1.29, 1.82) is 0 Å². The Balaban J connectivity index is 1.82. The third-order valence-corrected chi connectivity index (χ3v) is 2.20. The number of alkyl halides is 2. The molecule has 0 aromatic heterocycles. The second kappa shape index (κ2) is 1.73. The fraction of sp³-hybridized carbons (Fsp3) is 0.857. The van der Waals surface area contributed by atoms with Crippen LogP contribution in [-0.2, 0) is 9.53 Å². The molecule has 0 aromatic carbocycles. The molecular formula is C7H8F2O2. The minimum absolute atomic E-state index is 0.173. The van der Waals surface area contributed by atoms with Gasteiger partial charge in [-0.3, -0.25) is 0 Å². The van der Waals surface area contributed by atoms with Crippen LogP contribution in [0.4, 0.5) is 8.78 Å². The summed E-state index contributed by atoms with van der Waals surface area (Å²) in [6.07, 6.45) is 0.876. The molecule has 2 saturated carbocycles. The molecule has 2 nitrogen and oxygen atoms in total. The highest BCUT2D eigenvalue weighted by molar-refractivity contribution is 5.77. The molecule has 0 aliphatic heterocycles. The molecule has 2 unspecified atom stereocenters. The van der Waals surface area contributed by atoms with Crippen molar-refractivity contribution in [2.45, 2.75) is 25.4 Å². The van der Waals surface area contributed by atoms with E-state index in [-0.39, 0.29) is 6.10 Å². The van der Waals surface area contributed by atoms with Gasteiger partial charge in [-0.1, -0.05) is 0 Å². The Labute approximate surface area is 62.5 Å². The highest BCUT2D eigenvalue weighted by Crippen LogP contribution is 2.64. The predicted molar refractivity (Wildman–Crippen MR) is 32.1 cm³/mol. The molecule has 0 heterocycles. The standard InChI is InChI=1S/C7H8F2O2/c1-7(8,9)6(10)11-5-3-2-4(3)5/h3-5H,2H2,1H3. The normalized spacial score (nSPS) is 39.4. The van der Waals surface area contributed by atoms with E-state index in [1.807, 2.05) is 0 Å². The van der Waals surface area contributed by atoms with Gasteiger partial charge < -0.3 is 4.74 Å². The summed E-state index contributed by atoms with van der Waals surface area (Å²) < 4.78 is 28.8. The van der Waals surface area contributed by atoms with Crippen LogP contribution < -0.4 is 0 Å². The number of carbonyl (C=O) groups is 1. The molecule has 62 valence electrons.